The number of hydrogen-bond acceptors (Lipinski definition) is 3. The minimum Gasteiger partial charge on any atom is -0.465 e. The van der Waals surface area contributed by atoms with Crippen LogP contribution in [0.2, 0.25) is 39.3 Å². The summed E-state index contributed by atoms with van der Waals surface area (Å²) >= 11 is 0. The standard InChI is InChI=1S/C20H32O3Si2/c1-17(21)19(20(22)23-2)13-9-11-18(14-16-25(6,7)8)12-10-15-24(3,4)5/h13,18H,9,11-12H2,1-8H3/b19-13+. The number of ketones is 1. The summed E-state index contributed by atoms with van der Waals surface area (Å²) in [5.74, 6) is 6.01. The molecule has 1 unspecified atom stereocenters. The van der Waals surface area contributed by atoms with Gasteiger partial charge in [0.05, 0.1) is 12.7 Å². The Labute approximate surface area is 155 Å². The van der Waals surface area contributed by atoms with Crippen LogP contribution in [0.5, 0.6) is 0 Å². The van der Waals surface area contributed by atoms with E-state index >= 15 is 0 Å². The maximum atomic E-state index is 11.6. The van der Waals surface area contributed by atoms with Crippen LogP contribution in [0.1, 0.15) is 26.2 Å². The highest BCUT2D eigenvalue weighted by Crippen LogP contribution is 2.14. The lowest BCUT2D eigenvalue weighted by atomic mass is 9.99. The molecule has 3 nitrogen and oxygen atoms in total. The zero-order valence-electron chi connectivity index (χ0n) is 17.0. The van der Waals surface area contributed by atoms with Gasteiger partial charge in [0.25, 0.3) is 0 Å². The van der Waals surface area contributed by atoms with E-state index in [1.807, 2.05) is 0 Å². The molecule has 1 atom stereocenters. The molecule has 0 rings (SSSR count). The number of rotatable bonds is 6. The second-order valence-corrected chi connectivity index (χ2v) is 17.7. The number of ether oxygens (including phenoxy) is 1. The lowest BCUT2D eigenvalue weighted by molar-refractivity contribution is -0.137. The molecule has 0 bridgehead atoms. The fraction of sp³-hybridized carbons (Fsp3) is 0.600. The van der Waals surface area contributed by atoms with Gasteiger partial charge in [-0.1, -0.05) is 45.4 Å². The Morgan fingerprint density at radius 3 is 2.04 bits per heavy atom. The van der Waals surface area contributed by atoms with E-state index in [2.05, 4.69) is 66.9 Å². The number of methoxy groups -OCH3 is 1. The predicted octanol–water partition coefficient (Wildman–Crippen LogP) is 4.22. The van der Waals surface area contributed by atoms with Crippen LogP contribution in [0.15, 0.2) is 11.6 Å². The summed E-state index contributed by atoms with van der Waals surface area (Å²) in [6.45, 7) is 14.7. The summed E-state index contributed by atoms with van der Waals surface area (Å²) < 4.78 is 4.66. The average molecular weight is 377 g/mol. The number of Topliss-reactive ketones (excluding diaryl/α,β-unsaturated/α-hetero) is 1. The molecule has 0 aliphatic rings. The fourth-order valence-corrected chi connectivity index (χ4v) is 3.16. The summed E-state index contributed by atoms with van der Waals surface area (Å²) in [5.41, 5.74) is 6.92. The minimum absolute atomic E-state index is 0.118. The second-order valence-electron chi connectivity index (χ2n) is 8.22. The molecule has 0 N–H and O–H groups in total. The molecule has 0 aromatic heterocycles. The SMILES string of the molecule is COC(=O)/C(=C/CCC(C#C[Si](C)(C)C)CC#C[Si](C)(C)C)C(C)=O. The molecule has 5 heteroatoms. The summed E-state index contributed by atoms with van der Waals surface area (Å²) in [6.07, 6.45) is 3.81. The van der Waals surface area contributed by atoms with E-state index in [1.54, 1.807) is 6.08 Å². The van der Waals surface area contributed by atoms with Crippen molar-refractivity contribution in [3.63, 3.8) is 0 Å². The van der Waals surface area contributed by atoms with Crippen molar-refractivity contribution in [2.45, 2.75) is 65.5 Å². The average Bonchev–Trinajstić information content (AvgIpc) is 2.45. The first-order valence-corrected chi connectivity index (χ1v) is 15.7. The van der Waals surface area contributed by atoms with Crippen LogP contribution in [0.25, 0.3) is 0 Å². The van der Waals surface area contributed by atoms with E-state index in [0.717, 1.165) is 12.8 Å². The topological polar surface area (TPSA) is 43.4 Å². The van der Waals surface area contributed by atoms with Crippen LogP contribution in [0.4, 0.5) is 0 Å². The zero-order valence-corrected chi connectivity index (χ0v) is 19.0. The van der Waals surface area contributed by atoms with Crippen molar-refractivity contribution < 1.29 is 14.3 Å². The Kier molecular flexibility index (Phi) is 9.78. The van der Waals surface area contributed by atoms with E-state index in [0.29, 0.717) is 6.42 Å². The molecule has 0 aliphatic heterocycles. The second kappa shape index (κ2) is 10.4. The molecule has 0 saturated carbocycles. The molecule has 0 fully saturated rings. The van der Waals surface area contributed by atoms with Gasteiger partial charge in [-0.3, -0.25) is 4.79 Å². The van der Waals surface area contributed by atoms with E-state index in [9.17, 15) is 9.59 Å². The first-order valence-electron chi connectivity index (χ1n) is 8.68. The predicted molar refractivity (Wildman–Crippen MR) is 110 cm³/mol. The van der Waals surface area contributed by atoms with Crippen LogP contribution < -0.4 is 0 Å². The van der Waals surface area contributed by atoms with Crippen LogP contribution in [-0.4, -0.2) is 35.0 Å². The largest absolute Gasteiger partial charge is 0.465 e. The van der Waals surface area contributed by atoms with E-state index in [4.69, 9.17) is 0 Å². The van der Waals surface area contributed by atoms with Crippen molar-refractivity contribution in [2.24, 2.45) is 5.92 Å². The summed E-state index contributed by atoms with van der Waals surface area (Å²) in [7, 11) is -1.54. The van der Waals surface area contributed by atoms with Crippen LogP contribution >= 0.6 is 0 Å². The van der Waals surface area contributed by atoms with Crippen LogP contribution in [0, 0.1) is 28.8 Å². The lowest BCUT2D eigenvalue weighted by Crippen LogP contribution is -2.17. The third-order valence-electron chi connectivity index (χ3n) is 3.11. The van der Waals surface area contributed by atoms with Gasteiger partial charge >= 0.3 is 5.97 Å². The molecule has 0 saturated heterocycles. The van der Waals surface area contributed by atoms with Gasteiger partial charge < -0.3 is 4.74 Å². The molecule has 0 aromatic rings. The van der Waals surface area contributed by atoms with Gasteiger partial charge in [-0.25, -0.2) is 4.79 Å². The van der Waals surface area contributed by atoms with Crippen molar-refractivity contribution in [3.05, 3.63) is 11.6 Å². The highest BCUT2D eigenvalue weighted by molar-refractivity contribution is 6.84. The van der Waals surface area contributed by atoms with Crippen molar-refractivity contribution in [1.82, 2.24) is 0 Å². The lowest BCUT2D eigenvalue weighted by Gasteiger charge is -2.10. The third kappa shape index (κ3) is 12.4. The Balaban J connectivity index is 5.15. The molecule has 0 amide bonds. The van der Waals surface area contributed by atoms with Gasteiger partial charge in [0.1, 0.15) is 16.1 Å². The highest BCUT2D eigenvalue weighted by Gasteiger charge is 2.15. The van der Waals surface area contributed by atoms with Crippen molar-refractivity contribution in [2.75, 3.05) is 7.11 Å². The van der Waals surface area contributed by atoms with Gasteiger partial charge in [0.15, 0.2) is 5.78 Å². The molecular formula is C20H32O3Si2. The number of esters is 1. The molecular weight excluding hydrogens is 344 g/mol. The normalized spacial score (nSPS) is 13.0. The zero-order chi connectivity index (χ0) is 19.7. The van der Waals surface area contributed by atoms with Crippen molar-refractivity contribution >= 4 is 27.9 Å². The van der Waals surface area contributed by atoms with Gasteiger partial charge in [0.2, 0.25) is 0 Å². The summed E-state index contributed by atoms with van der Waals surface area (Å²) in [5, 5.41) is 0. The first kappa shape index (κ1) is 23.4. The maximum absolute atomic E-state index is 11.6. The molecule has 0 spiro atoms. The van der Waals surface area contributed by atoms with E-state index < -0.39 is 22.1 Å². The molecule has 25 heavy (non-hydrogen) atoms. The van der Waals surface area contributed by atoms with Gasteiger partial charge in [0, 0.05) is 12.3 Å². The van der Waals surface area contributed by atoms with Crippen molar-refractivity contribution in [3.8, 4) is 22.9 Å². The van der Waals surface area contributed by atoms with Crippen LogP contribution in [-0.2, 0) is 14.3 Å². The third-order valence-corrected chi connectivity index (χ3v) is 4.93. The monoisotopic (exact) mass is 376 g/mol. The van der Waals surface area contributed by atoms with E-state index in [-0.39, 0.29) is 17.3 Å². The number of hydrogen-bond donors (Lipinski definition) is 0. The summed E-state index contributed by atoms with van der Waals surface area (Å²) in [6, 6.07) is 0. The first-order chi connectivity index (χ1) is 11.4. The maximum Gasteiger partial charge on any atom is 0.341 e. The Bertz CT molecular complexity index is 626. The molecule has 138 valence electrons. The quantitative estimate of drug-likeness (QED) is 0.174. The Morgan fingerprint density at radius 2 is 1.60 bits per heavy atom. The fourth-order valence-electron chi connectivity index (χ4n) is 1.89. The summed E-state index contributed by atoms with van der Waals surface area (Å²) in [4.78, 5) is 23.2. The van der Waals surface area contributed by atoms with Crippen LogP contribution in [0.3, 0.4) is 0 Å². The number of carbonyl (C=O) groups is 2. The molecule has 0 radical (unpaired) electrons. The molecule has 0 heterocycles. The molecule has 0 aliphatic carbocycles. The van der Waals surface area contributed by atoms with Crippen molar-refractivity contribution in [1.29, 1.82) is 0 Å². The number of allylic oxidation sites excluding steroid dienone is 1. The van der Waals surface area contributed by atoms with Gasteiger partial charge in [-0.2, -0.15) is 0 Å². The smallest absolute Gasteiger partial charge is 0.341 e. The van der Waals surface area contributed by atoms with Gasteiger partial charge in [-0.15, -0.1) is 22.9 Å². The Morgan fingerprint density at radius 1 is 1.04 bits per heavy atom. The Hall–Kier alpha value is -1.57. The molecule has 0 aromatic carbocycles. The van der Waals surface area contributed by atoms with Gasteiger partial charge in [-0.05, 0) is 19.8 Å². The number of carbonyl (C=O) groups excluding carboxylic acids is 2. The minimum atomic E-state index is -1.44. The highest BCUT2D eigenvalue weighted by atomic mass is 28.3. The van der Waals surface area contributed by atoms with E-state index in [1.165, 1.54) is 14.0 Å².